The summed E-state index contributed by atoms with van der Waals surface area (Å²) >= 11 is 0. The van der Waals surface area contributed by atoms with Gasteiger partial charge in [-0.05, 0) is 31.2 Å². The van der Waals surface area contributed by atoms with Crippen LogP contribution in [0.3, 0.4) is 0 Å². The van der Waals surface area contributed by atoms with Crippen LogP contribution in [0.2, 0.25) is 0 Å². The maximum absolute atomic E-state index is 13.0. The fourth-order valence-electron chi connectivity index (χ4n) is 3.61. The molecule has 1 amide bonds. The number of hydrogen-bond donors (Lipinski definition) is 0. The minimum absolute atomic E-state index is 0.0346. The molecular weight excluding hydrogens is 360 g/mol. The second-order valence-electron chi connectivity index (χ2n) is 6.69. The molecule has 0 aliphatic carbocycles. The van der Waals surface area contributed by atoms with E-state index in [1.165, 1.54) is 24.8 Å². The molecule has 0 spiro atoms. The van der Waals surface area contributed by atoms with E-state index in [0.717, 1.165) is 12.8 Å². The zero-order chi connectivity index (χ0) is 20.1. The summed E-state index contributed by atoms with van der Waals surface area (Å²) in [4.78, 5) is 25.7. The number of carbonyl (C=O) groups excluding carboxylic acids is 1. The summed E-state index contributed by atoms with van der Waals surface area (Å²) in [6, 6.07) is 12.9. The van der Waals surface area contributed by atoms with Gasteiger partial charge in [-0.1, -0.05) is 30.3 Å². The van der Waals surface area contributed by atoms with Crippen molar-refractivity contribution >= 4 is 11.6 Å². The van der Waals surface area contributed by atoms with E-state index in [1.54, 1.807) is 11.8 Å². The molecule has 0 atom stereocenters. The molecule has 2 aromatic rings. The molecule has 0 N–H and O–H groups in total. The summed E-state index contributed by atoms with van der Waals surface area (Å²) in [6.45, 7) is 3.29. The van der Waals surface area contributed by atoms with Gasteiger partial charge in [0.15, 0.2) is 11.5 Å². The standard InChI is InChI=1S/C21H24N2O5/c1-3-28-20-13-17(18(23(25)26)14-19(20)27-2)21(24)22-11-9-16(10-12-22)15-7-5-4-6-8-15/h4-8,13-14,16H,3,9-12H2,1-2H3. The van der Waals surface area contributed by atoms with Crippen LogP contribution in [0.25, 0.3) is 0 Å². The number of ether oxygens (including phenoxy) is 2. The van der Waals surface area contributed by atoms with Crippen molar-refractivity contribution in [1.29, 1.82) is 0 Å². The molecule has 0 saturated carbocycles. The monoisotopic (exact) mass is 384 g/mol. The van der Waals surface area contributed by atoms with Crippen molar-refractivity contribution in [3.63, 3.8) is 0 Å². The molecule has 1 fully saturated rings. The lowest BCUT2D eigenvalue weighted by Crippen LogP contribution is -2.38. The maximum Gasteiger partial charge on any atom is 0.286 e. The average molecular weight is 384 g/mol. The van der Waals surface area contributed by atoms with Gasteiger partial charge in [-0.25, -0.2) is 0 Å². The highest BCUT2D eigenvalue weighted by Gasteiger charge is 2.30. The van der Waals surface area contributed by atoms with Crippen LogP contribution in [0, 0.1) is 10.1 Å². The molecule has 7 heteroatoms. The molecule has 1 aliphatic rings. The highest BCUT2D eigenvalue weighted by molar-refractivity contribution is 5.99. The van der Waals surface area contributed by atoms with Gasteiger partial charge in [0, 0.05) is 19.2 Å². The van der Waals surface area contributed by atoms with E-state index in [0.29, 0.717) is 31.4 Å². The number of nitrogens with zero attached hydrogens (tertiary/aromatic N) is 2. The second kappa shape index (κ2) is 8.73. The highest BCUT2D eigenvalue weighted by Crippen LogP contribution is 2.36. The van der Waals surface area contributed by atoms with Gasteiger partial charge < -0.3 is 14.4 Å². The lowest BCUT2D eigenvalue weighted by Gasteiger charge is -2.32. The Morgan fingerprint density at radius 1 is 1.18 bits per heavy atom. The number of hydrogen-bond acceptors (Lipinski definition) is 5. The van der Waals surface area contributed by atoms with Crippen molar-refractivity contribution in [1.82, 2.24) is 4.90 Å². The van der Waals surface area contributed by atoms with Crippen molar-refractivity contribution in [2.45, 2.75) is 25.7 Å². The molecule has 2 aromatic carbocycles. The summed E-state index contributed by atoms with van der Waals surface area (Å²) in [5.41, 5.74) is 1.03. The van der Waals surface area contributed by atoms with Crippen LogP contribution < -0.4 is 9.47 Å². The number of carbonyl (C=O) groups is 1. The predicted octanol–water partition coefficient (Wildman–Crippen LogP) is 4.02. The first-order valence-electron chi connectivity index (χ1n) is 9.38. The first-order chi connectivity index (χ1) is 13.5. The summed E-state index contributed by atoms with van der Waals surface area (Å²) in [6.07, 6.45) is 1.66. The van der Waals surface area contributed by atoms with Gasteiger partial charge in [0.25, 0.3) is 11.6 Å². The number of nitro benzene ring substituents is 1. The van der Waals surface area contributed by atoms with Crippen molar-refractivity contribution < 1.29 is 19.2 Å². The predicted molar refractivity (Wildman–Crippen MR) is 105 cm³/mol. The number of benzene rings is 2. The molecule has 148 valence electrons. The van der Waals surface area contributed by atoms with E-state index in [9.17, 15) is 14.9 Å². The van der Waals surface area contributed by atoms with Gasteiger partial charge in [0.1, 0.15) is 5.56 Å². The fraction of sp³-hybridized carbons (Fsp3) is 0.381. The Bertz CT molecular complexity index is 845. The SMILES string of the molecule is CCOc1cc(C(=O)N2CCC(c3ccccc3)CC2)c([N+](=O)[O-])cc1OC. The van der Waals surface area contributed by atoms with Crippen LogP contribution in [0.5, 0.6) is 11.5 Å². The molecule has 1 aliphatic heterocycles. The Labute approximate surface area is 164 Å². The van der Waals surface area contributed by atoms with E-state index in [2.05, 4.69) is 12.1 Å². The zero-order valence-corrected chi connectivity index (χ0v) is 16.1. The molecule has 0 aromatic heterocycles. The van der Waals surface area contributed by atoms with Gasteiger partial charge in [0.05, 0.1) is 24.7 Å². The number of nitro groups is 1. The number of rotatable bonds is 6. The molecule has 1 heterocycles. The van der Waals surface area contributed by atoms with E-state index >= 15 is 0 Å². The molecular formula is C21H24N2O5. The molecule has 0 bridgehead atoms. The third kappa shape index (κ3) is 4.08. The van der Waals surface area contributed by atoms with Crippen LogP contribution in [0.4, 0.5) is 5.69 Å². The van der Waals surface area contributed by atoms with E-state index in [-0.39, 0.29) is 22.9 Å². The van der Waals surface area contributed by atoms with Crippen molar-refractivity contribution in [3.8, 4) is 11.5 Å². The molecule has 0 radical (unpaired) electrons. The summed E-state index contributed by atoms with van der Waals surface area (Å²) in [5, 5.41) is 11.5. The topological polar surface area (TPSA) is 81.9 Å². The largest absolute Gasteiger partial charge is 0.493 e. The number of methoxy groups -OCH3 is 1. The second-order valence-corrected chi connectivity index (χ2v) is 6.69. The normalized spacial score (nSPS) is 14.6. The van der Waals surface area contributed by atoms with E-state index < -0.39 is 4.92 Å². The van der Waals surface area contributed by atoms with Gasteiger partial charge in [-0.3, -0.25) is 14.9 Å². The number of likely N-dealkylation sites (tertiary alicyclic amines) is 1. The summed E-state index contributed by atoms with van der Waals surface area (Å²) in [5.74, 6) is 0.628. The van der Waals surface area contributed by atoms with Gasteiger partial charge in [-0.15, -0.1) is 0 Å². The van der Waals surface area contributed by atoms with Crippen molar-refractivity contribution in [3.05, 3.63) is 63.7 Å². The molecule has 3 rings (SSSR count). The Morgan fingerprint density at radius 3 is 2.43 bits per heavy atom. The summed E-state index contributed by atoms with van der Waals surface area (Å²) < 4.78 is 10.7. The van der Waals surface area contributed by atoms with Gasteiger partial charge in [-0.2, -0.15) is 0 Å². The molecule has 1 saturated heterocycles. The number of piperidine rings is 1. The van der Waals surface area contributed by atoms with Crippen LogP contribution in [0.15, 0.2) is 42.5 Å². The fourth-order valence-corrected chi connectivity index (χ4v) is 3.61. The molecule has 0 unspecified atom stereocenters. The van der Waals surface area contributed by atoms with Crippen LogP contribution in [-0.4, -0.2) is 42.5 Å². The Balaban J connectivity index is 1.82. The minimum Gasteiger partial charge on any atom is -0.493 e. The van der Waals surface area contributed by atoms with Crippen molar-refractivity contribution in [2.75, 3.05) is 26.8 Å². The zero-order valence-electron chi connectivity index (χ0n) is 16.1. The third-order valence-corrected chi connectivity index (χ3v) is 5.06. The van der Waals surface area contributed by atoms with E-state index in [4.69, 9.17) is 9.47 Å². The van der Waals surface area contributed by atoms with Crippen LogP contribution in [0.1, 0.15) is 41.6 Å². The lowest BCUT2D eigenvalue weighted by molar-refractivity contribution is -0.385. The maximum atomic E-state index is 13.0. The Morgan fingerprint density at radius 2 is 1.86 bits per heavy atom. The van der Waals surface area contributed by atoms with Crippen molar-refractivity contribution in [2.24, 2.45) is 0 Å². The quantitative estimate of drug-likeness (QED) is 0.555. The summed E-state index contributed by atoms with van der Waals surface area (Å²) in [7, 11) is 1.41. The average Bonchev–Trinajstić information content (AvgIpc) is 2.73. The highest BCUT2D eigenvalue weighted by atomic mass is 16.6. The van der Waals surface area contributed by atoms with Gasteiger partial charge >= 0.3 is 0 Å². The number of amides is 1. The van der Waals surface area contributed by atoms with Gasteiger partial charge in [0.2, 0.25) is 0 Å². The van der Waals surface area contributed by atoms with Crippen LogP contribution >= 0.6 is 0 Å². The first kappa shape index (κ1) is 19.7. The third-order valence-electron chi connectivity index (χ3n) is 5.06. The Kier molecular flexibility index (Phi) is 6.13. The molecule has 7 nitrogen and oxygen atoms in total. The smallest absolute Gasteiger partial charge is 0.286 e. The minimum atomic E-state index is -0.553. The lowest BCUT2D eigenvalue weighted by atomic mass is 9.89. The molecule has 28 heavy (non-hydrogen) atoms. The Hall–Kier alpha value is -3.09. The first-order valence-corrected chi connectivity index (χ1v) is 9.38. The van der Waals surface area contributed by atoms with E-state index in [1.807, 2.05) is 18.2 Å². The van der Waals surface area contributed by atoms with Crippen LogP contribution in [-0.2, 0) is 0 Å².